The van der Waals surface area contributed by atoms with Crippen molar-refractivity contribution >= 4 is 5.91 Å². The average Bonchev–Trinajstić information content (AvgIpc) is 2.87. The molecule has 3 heteroatoms. The highest BCUT2D eigenvalue weighted by Crippen LogP contribution is 2.35. The van der Waals surface area contributed by atoms with Crippen molar-refractivity contribution in [2.24, 2.45) is 11.7 Å². The van der Waals surface area contributed by atoms with Gasteiger partial charge in [0.25, 0.3) is 0 Å². The molecule has 0 aromatic heterocycles. The lowest BCUT2D eigenvalue weighted by Crippen LogP contribution is -2.44. The van der Waals surface area contributed by atoms with Gasteiger partial charge in [-0.2, -0.15) is 0 Å². The first-order chi connectivity index (χ1) is 5.62. The fourth-order valence-corrected chi connectivity index (χ4v) is 1.50. The zero-order valence-corrected chi connectivity index (χ0v) is 7.55. The second-order valence-electron chi connectivity index (χ2n) is 4.29. The summed E-state index contributed by atoms with van der Waals surface area (Å²) in [6, 6.07) is 0. The molecule has 2 saturated carbocycles. The first-order valence-corrected chi connectivity index (χ1v) is 4.66. The van der Waals surface area contributed by atoms with Crippen LogP contribution in [0.15, 0.2) is 0 Å². The van der Waals surface area contributed by atoms with Gasteiger partial charge in [-0.1, -0.05) is 0 Å². The van der Waals surface area contributed by atoms with Crippen molar-refractivity contribution in [3.05, 3.63) is 0 Å². The van der Waals surface area contributed by atoms with Crippen molar-refractivity contribution in [2.45, 2.75) is 31.2 Å². The maximum absolute atomic E-state index is 11.6. The molecule has 0 aromatic rings. The van der Waals surface area contributed by atoms with Crippen LogP contribution in [0.4, 0.5) is 0 Å². The third kappa shape index (κ3) is 1.46. The largest absolute Gasteiger partial charge is 0.344 e. The molecule has 0 aromatic carbocycles. The van der Waals surface area contributed by atoms with Crippen molar-refractivity contribution in [2.75, 3.05) is 13.6 Å². The molecule has 0 aliphatic heterocycles. The van der Waals surface area contributed by atoms with Gasteiger partial charge in [0.1, 0.15) is 0 Å². The second kappa shape index (κ2) is 2.46. The molecule has 12 heavy (non-hydrogen) atoms. The summed E-state index contributed by atoms with van der Waals surface area (Å²) in [7, 11) is 1.87. The van der Waals surface area contributed by atoms with E-state index in [1.807, 2.05) is 11.9 Å². The van der Waals surface area contributed by atoms with Crippen molar-refractivity contribution in [3.63, 3.8) is 0 Å². The normalized spacial score (nSPS) is 25.2. The first kappa shape index (κ1) is 8.05. The van der Waals surface area contributed by atoms with Crippen LogP contribution >= 0.6 is 0 Å². The molecule has 68 valence electrons. The smallest absolute Gasteiger partial charge is 0.242 e. The molecule has 1 amide bonds. The van der Waals surface area contributed by atoms with E-state index in [1.54, 1.807) is 0 Å². The number of carbonyl (C=O) groups excluding carboxylic acids is 1. The summed E-state index contributed by atoms with van der Waals surface area (Å²) in [5, 5.41) is 0. The fourth-order valence-electron chi connectivity index (χ4n) is 1.50. The SMILES string of the molecule is CN(CC1CC1)C(=O)C1(N)CC1. The highest BCUT2D eigenvalue weighted by molar-refractivity contribution is 5.88. The number of hydrogen-bond acceptors (Lipinski definition) is 2. The number of rotatable bonds is 3. The minimum atomic E-state index is -0.469. The predicted molar refractivity (Wildman–Crippen MR) is 46.5 cm³/mol. The summed E-state index contributed by atoms with van der Waals surface area (Å²) >= 11 is 0. The van der Waals surface area contributed by atoms with Crippen LogP contribution in [0.1, 0.15) is 25.7 Å². The molecular formula is C9H16N2O. The lowest BCUT2D eigenvalue weighted by atomic mass is 10.2. The first-order valence-electron chi connectivity index (χ1n) is 4.66. The molecule has 0 heterocycles. The van der Waals surface area contributed by atoms with E-state index in [9.17, 15) is 4.79 Å². The number of hydrogen-bond donors (Lipinski definition) is 1. The Labute approximate surface area is 72.9 Å². The Kier molecular flexibility index (Phi) is 1.65. The lowest BCUT2D eigenvalue weighted by Gasteiger charge is -2.20. The van der Waals surface area contributed by atoms with E-state index < -0.39 is 5.54 Å². The van der Waals surface area contributed by atoms with E-state index in [0.717, 1.165) is 25.3 Å². The zero-order chi connectivity index (χ0) is 8.77. The fraction of sp³-hybridized carbons (Fsp3) is 0.889. The third-order valence-electron chi connectivity index (χ3n) is 2.79. The van der Waals surface area contributed by atoms with E-state index in [2.05, 4.69) is 0 Å². The molecular weight excluding hydrogens is 152 g/mol. The maximum Gasteiger partial charge on any atom is 0.242 e. The molecule has 3 nitrogen and oxygen atoms in total. The monoisotopic (exact) mass is 168 g/mol. The van der Waals surface area contributed by atoms with Crippen molar-refractivity contribution < 1.29 is 4.79 Å². The Balaban J connectivity index is 1.85. The van der Waals surface area contributed by atoms with E-state index in [-0.39, 0.29) is 5.91 Å². The number of amides is 1. The quantitative estimate of drug-likeness (QED) is 0.660. The molecule has 2 N–H and O–H groups in total. The summed E-state index contributed by atoms with van der Waals surface area (Å²) < 4.78 is 0. The number of carbonyl (C=O) groups is 1. The Morgan fingerprint density at radius 2 is 2.17 bits per heavy atom. The van der Waals surface area contributed by atoms with Gasteiger partial charge in [0.05, 0.1) is 5.54 Å². The molecule has 2 aliphatic carbocycles. The van der Waals surface area contributed by atoms with Crippen molar-refractivity contribution in [1.82, 2.24) is 4.90 Å². The number of likely N-dealkylation sites (N-methyl/N-ethyl adjacent to an activating group) is 1. The van der Waals surface area contributed by atoms with Gasteiger partial charge in [-0.05, 0) is 31.6 Å². The number of nitrogens with zero attached hydrogens (tertiary/aromatic N) is 1. The molecule has 0 radical (unpaired) electrons. The molecule has 0 saturated heterocycles. The maximum atomic E-state index is 11.6. The van der Waals surface area contributed by atoms with Crippen LogP contribution < -0.4 is 5.73 Å². The summed E-state index contributed by atoms with van der Waals surface area (Å²) in [5.74, 6) is 0.913. The molecule has 2 fully saturated rings. The van der Waals surface area contributed by atoms with Crippen molar-refractivity contribution in [1.29, 1.82) is 0 Å². The molecule has 2 aliphatic rings. The minimum absolute atomic E-state index is 0.148. The molecule has 0 bridgehead atoms. The Bertz CT molecular complexity index is 207. The van der Waals surface area contributed by atoms with E-state index in [4.69, 9.17) is 5.73 Å². The zero-order valence-electron chi connectivity index (χ0n) is 7.55. The minimum Gasteiger partial charge on any atom is -0.344 e. The summed E-state index contributed by atoms with van der Waals surface area (Å²) in [6.45, 7) is 0.914. The van der Waals surface area contributed by atoms with Gasteiger partial charge in [-0.15, -0.1) is 0 Å². The van der Waals surface area contributed by atoms with Crippen LogP contribution in [0.3, 0.4) is 0 Å². The van der Waals surface area contributed by atoms with Crippen LogP contribution in [-0.2, 0) is 4.79 Å². The van der Waals surface area contributed by atoms with Gasteiger partial charge in [0.2, 0.25) is 5.91 Å². The predicted octanol–water partition coefficient (Wildman–Crippen LogP) is 0.346. The van der Waals surface area contributed by atoms with E-state index in [1.165, 1.54) is 12.8 Å². The molecule has 0 unspecified atom stereocenters. The van der Waals surface area contributed by atoms with Gasteiger partial charge < -0.3 is 10.6 Å². The number of nitrogens with two attached hydrogens (primary N) is 1. The van der Waals surface area contributed by atoms with Crippen LogP contribution in [0.25, 0.3) is 0 Å². The summed E-state index contributed by atoms with van der Waals surface area (Å²) in [6.07, 6.45) is 4.33. The molecule has 0 atom stereocenters. The summed E-state index contributed by atoms with van der Waals surface area (Å²) in [4.78, 5) is 13.4. The second-order valence-corrected chi connectivity index (χ2v) is 4.29. The van der Waals surface area contributed by atoms with Crippen molar-refractivity contribution in [3.8, 4) is 0 Å². The van der Waals surface area contributed by atoms with Crippen LogP contribution in [0, 0.1) is 5.92 Å². The highest BCUT2D eigenvalue weighted by atomic mass is 16.2. The van der Waals surface area contributed by atoms with E-state index >= 15 is 0 Å². The van der Waals surface area contributed by atoms with Crippen LogP contribution in [0.5, 0.6) is 0 Å². The Morgan fingerprint density at radius 1 is 1.58 bits per heavy atom. The van der Waals surface area contributed by atoms with Crippen LogP contribution in [0.2, 0.25) is 0 Å². The topological polar surface area (TPSA) is 46.3 Å². The summed E-state index contributed by atoms with van der Waals surface area (Å²) in [5.41, 5.74) is 5.33. The Morgan fingerprint density at radius 3 is 2.58 bits per heavy atom. The lowest BCUT2D eigenvalue weighted by molar-refractivity contribution is -0.132. The highest BCUT2D eigenvalue weighted by Gasteiger charge is 2.47. The van der Waals surface area contributed by atoms with Gasteiger partial charge in [-0.3, -0.25) is 4.79 Å². The van der Waals surface area contributed by atoms with Gasteiger partial charge >= 0.3 is 0 Å². The van der Waals surface area contributed by atoms with Gasteiger partial charge in [0.15, 0.2) is 0 Å². The van der Waals surface area contributed by atoms with Gasteiger partial charge in [0, 0.05) is 13.6 Å². The van der Waals surface area contributed by atoms with E-state index in [0.29, 0.717) is 0 Å². The third-order valence-corrected chi connectivity index (χ3v) is 2.79. The average molecular weight is 168 g/mol. The van der Waals surface area contributed by atoms with Gasteiger partial charge in [-0.25, -0.2) is 0 Å². The Hall–Kier alpha value is -0.570. The molecule has 0 spiro atoms. The van der Waals surface area contributed by atoms with Crippen LogP contribution in [-0.4, -0.2) is 29.9 Å². The standard InChI is InChI=1S/C9H16N2O/c1-11(6-7-2-3-7)8(12)9(10)4-5-9/h7H,2-6,10H2,1H3. The molecule has 2 rings (SSSR count).